The Morgan fingerprint density at radius 2 is 1.43 bits per heavy atom. The number of rotatable bonds is 3. The van der Waals surface area contributed by atoms with Crippen LogP contribution in [0.4, 0.5) is 5.69 Å². The maximum absolute atomic E-state index is 12.1. The molecule has 0 fully saturated rings. The highest BCUT2D eigenvalue weighted by Crippen LogP contribution is 2.13. The van der Waals surface area contributed by atoms with E-state index < -0.39 is 0 Å². The van der Waals surface area contributed by atoms with Gasteiger partial charge in [0.05, 0.1) is 0 Å². The molecule has 0 aromatic heterocycles. The van der Waals surface area contributed by atoms with Crippen molar-refractivity contribution in [3.05, 3.63) is 63.2 Å². The van der Waals surface area contributed by atoms with Crippen LogP contribution in [0.3, 0.4) is 0 Å². The molecule has 5 heteroatoms. The Morgan fingerprint density at radius 3 is 1.95 bits per heavy atom. The summed E-state index contributed by atoms with van der Waals surface area (Å²) in [5.41, 5.74) is 1.85. The number of carbonyl (C=O) groups excluding carboxylic acids is 2. The Labute approximate surface area is 137 Å². The summed E-state index contributed by atoms with van der Waals surface area (Å²) in [7, 11) is 3.41. The van der Waals surface area contributed by atoms with E-state index in [9.17, 15) is 9.59 Å². The smallest absolute Gasteiger partial charge is 0.255 e. The molecule has 0 radical (unpaired) electrons. The van der Waals surface area contributed by atoms with Crippen molar-refractivity contribution >= 4 is 40.1 Å². The first-order valence-electron chi connectivity index (χ1n) is 6.36. The number of benzene rings is 2. The van der Waals surface area contributed by atoms with Crippen molar-refractivity contribution in [1.82, 2.24) is 4.90 Å². The largest absolute Gasteiger partial charge is 0.345 e. The highest BCUT2D eigenvalue weighted by atomic mass is 127. The number of carbonyl (C=O) groups is 2. The predicted molar refractivity (Wildman–Crippen MR) is 91.6 cm³/mol. The number of hydrogen-bond donors (Lipinski definition) is 1. The third kappa shape index (κ3) is 4.04. The molecular weight excluding hydrogens is 379 g/mol. The van der Waals surface area contributed by atoms with E-state index in [1.807, 2.05) is 12.1 Å². The molecule has 0 bridgehead atoms. The van der Waals surface area contributed by atoms with Crippen LogP contribution in [-0.4, -0.2) is 30.8 Å². The van der Waals surface area contributed by atoms with Crippen LogP contribution in [0.15, 0.2) is 48.5 Å². The van der Waals surface area contributed by atoms with Gasteiger partial charge in [0.25, 0.3) is 11.8 Å². The van der Waals surface area contributed by atoms with Crippen molar-refractivity contribution in [2.45, 2.75) is 0 Å². The molecule has 4 nitrogen and oxygen atoms in total. The van der Waals surface area contributed by atoms with Gasteiger partial charge in [0, 0.05) is 34.5 Å². The molecule has 0 aliphatic rings. The highest BCUT2D eigenvalue weighted by molar-refractivity contribution is 14.1. The van der Waals surface area contributed by atoms with Crippen LogP contribution >= 0.6 is 22.6 Å². The monoisotopic (exact) mass is 394 g/mol. The Bertz CT molecular complexity index is 649. The van der Waals surface area contributed by atoms with Gasteiger partial charge >= 0.3 is 0 Å². The van der Waals surface area contributed by atoms with Gasteiger partial charge in [0.15, 0.2) is 0 Å². The summed E-state index contributed by atoms with van der Waals surface area (Å²) in [5.74, 6) is -0.233. The van der Waals surface area contributed by atoms with Crippen molar-refractivity contribution < 1.29 is 9.59 Å². The summed E-state index contributed by atoms with van der Waals surface area (Å²) in [5, 5.41) is 2.81. The second-order valence-electron chi connectivity index (χ2n) is 4.74. The number of hydrogen-bond acceptors (Lipinski definition) is 2. The van der Waals surface area contributed by atoms with Crippen LogP contribution in [0.2, 0.25) is 0 Å². The van der Waals surface area contributed by atoms with Gasteiger partial charge < -0.3 is 10.2 Å². The SMILES string of the molecule is CN(C)C(=O)c1ccc(NC(=O)c2ccc(I)cc2)cc1. The molecule has 108 valence electrons. The first-order chi connectivity index (χ1) is 9.97. The van der Waals surface area contributed by atoms with E-state index in [-0.39, 0.29) is 11.8 Å². The lowest BCUT2D eigenvalue weighted by atomic mass is 10.1. The summed E-state index contributed by atoms with van der Waals surface area (Å²) in [6.07, 6.45) is 0. The van der Waals surface area contributed by atoms with Gasteiger partial charge in [0.2, 0.25) is 0 Å². The lowest BCUT2D eigenvalue weighted by molar-refractivity contribution is 0.0827. The van der Waals surface area contributed by atoms with Crippen molar-refractivity contribution in [2.24, 2.45) is 0 Å². The molecule has 2 amide bonds. The van der Waals surface area contributed by atoms with Gasteiger partial charge in [-0.2, -0.15) is 0 Å². The molecule has 21 heavy (non-hydrogen) atoms. The molecule has 2 aromatic carbocycles. The Morgan fingerprint density at radius 1 is 0.905 bits per heavy atom. The Kier molecular flexibility index (Phi) is 4.95. The molecule has 0 heterocycles. The van der Waals surface area contributed by atoms with Gasteiger partial charge in [-0.05, 0) is 71.1 Å². The number of nitrogens with one attached hydrogen (secondary N) is 1. The lowest BCUT2D eigenvalue weighted by Gasteiger charge is -2.11. The Hall–Kier alpha value is -1.89. The molecule has 2 rings (SSSR count). The molecule has 1 N–H and O–H groups in total. The molecule has 0 saturated carbocycles. The molecule has 0 spiro atoms. The second-order valence-corrected chi connectivity index (χ2v) is 5.98. The van der Waals surface area contributed by atoms with Crippen molar-refractivity contribution in [1.29, 1.82) is 0 Å². The van der Waals surface area contributed by atoms with Crippen molar-refractivity contribution in [2.75, 3.05) is 19.4 Å². The minimum Gasteiger partial charge on any atom is -0.345 e. The van der Waals surface area contributed by atoms with Crippen LogP contribution in [0, 0.1) is 3.57 Å². The van der Waals surface area contributed by atoms with E-state index in [0.29, 0.717) is 16.8 Å². The van der Waals surface area contributed by atoms with Crippen molar-refractivity contribution in [3.63, 3.8) is 0 Å². The molecule has 0 unspecified atom stereocenters. The van der Waals surface area contributed by atoms with E-state index in [1.165, 1.54) is 4.90 Å². The van der Waals surface area contributed by atoms with Crippen LogP contribution in [0.25, 0.3) is 0 Å². The topological polar surface area (TPSA) is 49.4 Å². The standard InChI is InChI=1S/C16H15IN2O2/c1-19(2)16(21)12-5-9-14(10-6-12)18-15(20)11-3-7-13(17)8-4-11/h3-10H,1-2H3,(H,18,20). The molecule has 0 saturated heterocycles. The number of nitrogens with zero attached hydrogens (tertiary/aromatic N) is 1. The number of amides is 2. The van der Waals surface area contributed by atoms with Gasteiger partial charge in [-0.3, -0.25) is 9.59 Å². The first-order valence-corrected chi connectivity index (χ1v) is 7.44. The molecule has 0 atom stereocenters. The van der Waals surface area contributed by atoms with E-state index in [1.54, 1.807) is 50.5 Å². The van der Waals surface area contributed by atoms with Crippen LogP contribution in [-0.2, 0) is 0 Å². The van der Waals surface area contributed by atoms with Gasteiger partial charge in [0.1, 0.15) is 0 Å². The minimum atomic E-state index is -0.168. The van der Waals surface area contributed by atoms with Crippen molar-refractivity contribution in [3.8, 4) is 0 Å². The summed E-state index contributed by atoms with van der Waals surface area (Å²) in [4.78, 5) is 25.3. The first kappa shape index (κ1) is 15.5. The quantitative estimate of drug-likeness (QED) is 0.813. The third-order valence-corrected chi connectivity index (χ3v) is 3.62. The summed E-state index contributed by atoms with van der Waals surface area (Å²) in [6.45, 7) is 0. The maximum atomic E-state index is 12.1. The zero-order valence-corrected chi connectivity index (χ0v) is 13.9. The van der Waals surface area contributed by atoms with Crippen LogP contribution < -0.4 is 5.32 Å². The normalized spacial score (nSPS) is 10.0. The van der Waals surface area contributed by atoms with Crippen LogP contribution in [0.1, 0.15) is 20.7 Å². The summed E-state index contributed by atoms with van der Waals surface area (Å²) >= 11 is 2.19. The average Bonchev–Trinajstić information content (AvgIpc) is 2.47. The molecule has 2 aromatic rings. The fourth-order valence-electron chi connectivity index (χ4n) is 1.76. The second kappa shape index (κ2) is 6.71. The average molecular weight is 394 g/mol. The Balaban J connectivity index is 2.08. The zero-order valence-electron chi connectivity index (χ0n) is 11.8. The van der Waals surface area contributed by atoms with Gasteiger partial charge in [-0.15, -0.1) is 0 Å². The highest BCUT2D eigenvalue weighted by Gasteiger charge is 2.09. The molecule has 0 aliphatic carbocycles. The fraction of sp³-hybridized carbons (Fsp3) is 0.125. The fourth-order valence-corrected chi connectivity index (χ4v) is 2.12. The van der Waals surface area contributed by atoms with E-state index in [0.717, 1.165) is 3.57 Å². The van der Waals surface area contributed by atoms with E-state index >= 15 is 0 Å². The third-order valence-electron chi connectivity index (χ3n) is 2.90. The lowest BCUT2D eigenvalue weighted by Crippen LogP contribution is -2.21. The predicted octanol–water partition coefficient (Wildman–Crippen LogP) is 3.25. The molecule has 0 aliphatic heterocycles. The van der Waals surface area contributed by atoms with Gasteiger partial charge in [-0.25, -0.2) is 0 Å². The van der Waals surface area contributed by atoms with Gasteiger partial charge in [-0.1, -0.05) is 0 Å². The van der Waals surface area contributed by atoms with E-state index in [2.05, 4.69) is 27.9 Å². The summed E-state index contributed by atoms with van der Waals surface area (Å²) < 4.78 is 1.08. The minimum absolute atomic E-state index is 0.0643. The number of halogens is 1. The van der Waals surface area contributed by atoms with E-state index in [4.69, 9.17) is 0 Å². The maximum Gasteiger partial charge on any atom is 0.255 e. The molecular formula is C16H15IN2O2. The summed E-state index contributed by atoms with van der Waals surface area (Å²) in [6, 6.07) is 14.2. The zero-order chi connectivity index (χ0) is 15.4. The number of anilines is 1. The van der Waals surface area contributed by atoms with Crippen LogP contribution in [0.5, 0.6) is 0 Å².